The van der Waals surface area contributed by atoms with Crippen molar-refractivity contribution in [2.75, 3.05) is 7.11 Å². The highest BCUT2D eigenvalue weighted by molar-refractivity contribution is 9.10. The number of rotatable bonds is 9. The Morgan fingerprint density at radius 3 is 2.48 bits per heavy atom. The maximum Gasteiger partial charge on any atom is 0.336 e. The number of carbonyl (C=O) groups excluding carboxylic acids is 1. The first-order valence-electron chi connectivity index (χ1n) is 9.54. The Hall–Kier alpha value is -2.64. The van der Waals surface area contributed by atoms with E-state index < -0.39 is 18.0 Å². The average molecular weight is 509 g/mol. The zero-order valence-corrected chi connectivity index (χ0v) is 19.7. The summed E-state index contributed by atoms with van der Waals surface area (Å²) >= 11 is 9.65. The van der Waals surface area contributed by atoms with Crippen LogP contribution in [0.3, 0.4) is 0 Å². The van der Waals surface area contributed by atoms with Crippen molar-refractivity contribution in [3.63, 3.8) is 0 Å². The van der Waals surface area contributed by atoms with E-state index in [1.807, 2.05) is 38.1 Å². The summed E-state index contributed by atoms with van der Waals surface area (Å²) in [6.07, 6.45) is 5.02. The maximum absolute atomic E-state index is 12.2. The number of benzene rings is 2. The minimum atomic E-state index is -0.994. The minimum absolute atomic E-state index is 0.0727. The topological polar surface area (TPSA) is 85.2 Å². The van der Waals surface area contributed by atoms with E-state index in [0.29, 0.717) is 12.0 Å². The Labute approximate surface area is 194 Å². The number of hydrogen-bond donors (Lipinski definition) is 1. The van der Waals surface area contributed by atoms with E-state index in [0.717, 1.165) is 10.0 Å². The van der Waals surface area contributed by atoms with Gasteiger partial charge in [0, 0.05) is 16.8 Å². The summed E-state index contributed by atoms with van der Waals surface area (Å²) in [7, 11) is 1.42. The van der Waals surface area contributed by atoms with Crippen LogP contribution < -0.4 is 9.47 Å². The molecule has 0 aliphatic carbocycles. The summed E-state index contributed by atoms with van der Waals surface area (Å²) in [5, 5.41) is 9.51. The largest absolute Gasteiger partial charge is 0.493 e. The number of carbonyl (C=O) groups is 2. The normalized spacial score (nSPS) is 13.3. The van der Waals surface area contributed by atoms with Gasteiger partial charge in [0.2, 0.25) is 0 Å². The molecule has 8 heteroatoms. The quantitative estimate of drug-likeness (QED) is 0.205. The molecule has 6 nitrogen and oxygen atoms in total. The summed E-state index contributed by atoms with van der Waals surface area (Å²) in [4.78, 5) is 27.8. The predicted molar refractivity (Wildman–Crippen MR) is 125 cm³/mol. The molecule has 31 heavy (non-hydrogen) atoms. The molecule has 2 atom stereocenters. The second kappa shape index (κ2) is 11.7. The number of nitrogens with zero attached hydrogens (tertiary/aromatic N) is 1. The lowest BCUT2D eigenvalue weighted by molar-refractivity contribution is -0.139. The van der Waals surface area contributed by atoms with Crippen LogP contribution in [0.15, 0.2) is 51.9 Å². The van der Waals surface area contributed by atoms with Crippen molar-refractivity contribution < 1.29 is 24.2 Å². The summed E-state index contributed by atoms with van der Waals surface area (Å²) in [5.41, 5.74) is 1.36. The molecular weight excluding hydrogens is 486 g/mol. The van der Waals surface area contributed by atoms with Crippen molar-refractivity contribution in [3.8, 4) is 11.5 Å². The zero-order valence-electron chi connectivity index (χ0n) is 17.3. The number of methoxy groups -OCH3 is 1. The number of carboxylic acid groups (broad SMARTS) is 1. The van der Waals surface area contributed by atoms with Crippen molar-refractivity contribution >= 4 is 51.8 Å². The van der Waals surface area contributed by atoms with Gasteiger partial charge in [-0.3, -0.25) is 4.99 Å². The average Bonchev–Trinajstić information content (AvgIpc) is 2.74. The zero-order chi connectivity index (χ0) is 23.0. The minimum Gasteiger partial charge on any atom is -0.493 e. The smallest absolute Gasteiger partial charge is 0.336 e. The van der Waals surface area contributed by atoms with Crippen molar-refractivity contribution in [1.82, 2.24) is 0 Å². The first-order valence-corrected chi connectivity index (χ1v) is 10.7. The molecule has 0 aliphatic heterocycles. The van der Waals surface area contributed by atoms with Crippen molar-refractivity contribution in [3.05, 3.63) is 63.1 Å². The molecule has 2 aromatic carbocycles. The molecule has 0 heterocycles. The van der Waals surface area contributed by atoms with Gasteiger partial charge in [0.15, 0.2) is 11.5 Å². The van der Waals surface area contributed by atoms with Crippen LogP contribution in [0.4, 0.5) is 0 Å². The van der Waals surface area contributed by atoms with Gasteiger partial charge in [-0.1, -0.05) is 59.9 Å². The van der Waals surface area contributed by atoms with Crippen LogP contribution in [-0.2, 0) is 9.59 Å². The second-order valence-electron chi connectivity index (χ2n) is 6.79. The van der Waals surface area contributed by atoms with Gasteiger partial charge in [-0.05, 0) is 47.4 Å². The second-order valence-corrected chi connectivity index (χ2v) is 8.11. The van der Waals surface area contributed by atoms with Gasteiger partial charge in [-0.15, -0.1) is 0 Å². The van der Waals surface area contributed by atoms with E-state index in [1.54, 1.807) is 12.1 Å². The number of esters is 1. The molecule has 2 rings (SSSR count). The van der Waals surface area contributed by atoms with Crippen LogP contribution in [0, 0.1) is 5.92 Å². The predicted octanol–water partition coefficient (Wildman–Crippen LogP) is 5.65. The van der Waals surface area contributed by atoms with Crippen molar-refractivity contribution in [1.29, 1.82) is 0 Å². The highest BCUT2D eigenvalue weighted by Gasteiger charge is 2.22. The standard InChI is InChI=1S/C23H23BrClNO5/c1-4-14(2)21(23(28)29)26-13-16-11-18(25)22(19(12-16)30-3)31-20(27)10-7-15-5-8-17(24)9-6-15/h5-14,21H,4H2,1-3H3,(H,28,29)/b10-7+,26-13+. The van der Waals surface area contributed by atoms with E-state index >= 15 is 0 Å². The summed E-state index contributed by atoms with van der Waals surface area (Å²) in [6.45, 7) is 3.73. The van der Waals surface area contributed by atoms with Crippen LogP contribution in [-0.4, -0.2) is 36.4 Å². The fraction of sp³-hybridized carbons (Fsp3) is 0.261. The SMILES string of the molecule is CCC(C)C(/N=C/c1cc(Cl)c(OC(=O)/C=C/c2ccc(Br)cc2)c(OC)c1)C(=O)O. The van der Waals surface area contributed by atoms with E-state index in [4.69, 9.17) is 21.1 Å². The van der Waals surface area contributed by atoms with Gasteiger partial charge in [0.25, 0.3) is 0 Å². The van der Waals surface area contributed by atoms with Gasteiger partial charge in [-0.25, -0.2) is 9.59 Å². The first-order chi connectivity index (χ1) is 14.7. The highest BCUT2D eigenvalue weighted by atomic mass is 79.9. The van der Waals surface area contributed by atoms with Gasteiger partial charge in [0.1, 0.15) is 6.04 Å². The lowest BCUT2D eigenvalue weighted by Gasteiger charge is -2.14. The number of aliphatic imine (C=N–C) groups is 1. The Morgan fingerprint density at radius 1 is 1.23 bits per heavy atom. The molecule has 0 fully saturated rings. The summed E-state index contributed by atoms with van der Waals surface area (Å²) < 4.78 is 11.6. The van der Waals surface area contributed by atoms with Crippen molar-refractivity contribution in [2.45, 2.75) is 26.3 Å². The molecule has 0 aliphatic rings. The van der Waals surface area contributed by atoms with Crippen LogP contribution in [0.25, 0.3) is 6.08 Å². The lowest BCUT2D eigenvalue weighted by atomic mass is 10.00. The molecule has 1 N–H and O–H groups in total. The van der Waals surface area contributed by atoms with Crippen LogP contribution in [0.5, 0.6) is 11.5 Å². The van der Waals surface area contributed by atoms with E-state index in [2.05, 4.69) is 20.9 Å². The van der Waals surface area contributed by atoms with Crippen LogP contribution in [0.1, 0.15) is 31.4 Å². The van der Waals surface area contributed by atoms with E-state index in [1.165, 1.54) is 25.5 Å². The first kappa shape index (κ1) is 24.6. The fourth-order valence-electron chi connectivity index (χ4n) is 2.63. The van der Waals surface area contributed by atoms with Crippen LogP contribution in [0.2, 0.25) is 5.02 Å². The van der Waals surface area contributed by atoms with E-state index in [-0.39, 0.29) is 22.4 Å². The molecule has 2 unspecified atom stereocenters. The molecule has 0 radical (unpaired) electrons. The number of ether oxygens (including phenoxy) is 2. The third kappa shape index (κ3) is 7.22. The van der Waals surface area contributed by atoms with E-state index in [9.17, 15) is 14.7 Å². The molecule has 0 amide bonds. The number of halogens is 2. The molecule has 164 valence electrons. The van der Waals surface area contributed by atoms with Gasteiger partial charge in [0.05, 0.1) is 12.1 Å². The molecule has 0 saturated carbocycles. The third-order valence-electron chi connectivity index (χ3n) is 4.56. The van der Waals surface area contributed by atoms with Gasteiger partial charge >= 0.3 is 11.9 Å². The Kier molecular flexibility index (Phi) is 9.27. The van der Waals surface area contributed by atoms with Gasteiger partial charge in [-0.2, -0.15) is 0 Å². The monoisotopic (exact) mass is 507 g/mol. The number of aliphatic carboxylic acids is 1. The fourth-order valence-corrected chi connectivity index (χ4v) is 3.15. The Bertz CT molecular complexity index is 988. The lowest BCUT2D eigenvalue weighted by Crippen LogP contribution is -2.25. The molecule has 2 aromatic rings. The Morgan fingerprint density at radius 2 is 1.90 bits per heavy atom. The van der Waals surface area contributed by atoms with Crippen LogP contribution >= 0.6 is 27.5 Å². The number of carboxylic acids is 1. The summed E-state index contributed by atoms with van der Waals surface area (Å²) in [5.74, 6) is -1.43. The molecule has 0 saturated heterocycles. The third-order valence-corrected chi connectivity index (χ3v) is 5.37. The molecule has 0 spiro atoms. The Balaban J connectivity index is 2.20. The highest BCUT2D eigenvalue weighted by Crippen LogP contribution is 2.36. The molecule has 0 aromatic heterocycles. The van der Waals surface area contributed by atoms with Gasteiger partial charge < -0.3 is 14.6 Å². The van der Waals surface area contributed by atoms with Crippen molar-refractivity contribution in [2.24, 2.45) is 10.9 Å². The molecule has 0 bridgehead atoms. The summed E-state index contributed by atoms with van der Waals surface area (Å²) in [6, 6.07) is 9.66. The maximum atomic E-state index is 12.2. The number of hydrogen-bond acceptors (Lipinski definition) is 5. The molecular formula is C23H23BrClNO5.